The van der Waals surface area contributed by atoms with Crippen molar-refractivity contribution >= 4 is 5.78 Å². The fourth-order valence-electron chi connectivity index (χ4n) is 1.06. The minimum absolute atomic E-state index is 0.120. The van der Waals surface area contributed by atoms with Gasteiger partial charge < -0.3 is 5.73 Å². The molecule has 0 aliphatic heterocycles. The van der Waals surface area contributed by atoms with Crippen molar-refractivity contribution in [2.45, 2.75) is 6.92 Å². The molecule has 0 saturated carbocycles. The maximum Gasteiger partial charge on any atom is 0.169 e. The standard InChI is InChI=1S/C10H11F2NO/c1-6(5-13)10(14)8-4-7(11)2-3-9(8)12/h2-4,6H,5,13H2,1H3. The number of hydrogen-bond acceptors (Lipinski definition) is 2. The average molecular weight is 199 g/mol. The first kappa shape index (κ1) is 10.8. The summed E-state index contributed by atoms with van der Waals surface area (Å²) < 4.78 is 25.8. The van der Waals surface area contributed by atoms with Gasteiger partial charge in [-0.1, -0.05) is 6.92 Å². The van der Waals surface area contributed by atoms with Crippen LogP contribution in [0.25, 0.3) is 0 Å². The zero-order valence-corrected chi connectivity index (χ0v) is 7.76. The van der Waals surface area contributed by atoms with Crippen LogP contribution in [0.5, 0.6) is 0 Å². The smallest absolute Gasteiger partial charge is 0.169 e. The Kier molecular flexibility index (Phi) is 3.30. The van der Waals surface area contributed by atoms with E-state index in [4.69, 9.17) is 5.73 Å². The topological polar surface area (TPSA) is 43.1 Å². The van der Waals surface area contributed by atoms with Crippen molar-refractivity contribution in [3.05, 3.63) is 35.4 Å². The molecule has 1 unspecified atom stereocenters. The fourth-order valence-corrected chi connectivity index (χ4v) is 1.06. The van der Waals surface area contributed by atoms with E-state index in [0.717, 1.165) is 18.2 Å². The minimum atomic E-state index is -0.711. The highest BCUT2D eigenvalue weighted by molar-refractivity contribution is 5.98. The van der Waals surface area contributed by atoms with E-state index in [9.17, 15) is 13.6 Å². The van der Waals surface area contributed by atoms with E-state index in [1.165, 1.54) is 0 Å². The number of carbonyl (C=O) groups excluding carboxylic acids is 1. The molecule has 0 heterocycles. The van der Waals surface area contributed by atoms with Crippen molar-refractivity contribution in [3.63, 3.8) is 0 Å². The Hall–Kier alpha value is -1.29. The molecule has 0 bridgehead atoms. The van der Waals surface area contributed by atoms with Crippen molar-refractivity contribution < 1.29 is 13.6 Å². The predicted molar refractivity (Wildman–Crippen MR) is 48.9 cm³/mol. The van der Waals surface area contributed by atoms with Crippen molar-refractivity contribution in [1.29, 1.82) is 0 Å². The molecule has 0 aromatic heterocycles. The van der Waals surface area contributed by atoms with Gasteiger partial charge in [-0.3, -0.25) is 4.79 Å². The Bertz CT molecular complexity index is 352. The van der Waals surface area contributed by atoms with Crippen molar-refractivity contribution in [1.82, 2.24) is 0 Å². The highest BCUT2D eigenvalue weighted by Crippen LogP contribution is 2.14. The lowest BCUT2D eigenvalue weighted by molar-refractivity contribution is 0.0929. The molecule has 14 heavy (non-hydrogen) atoms. The van der Waals surface area contributed by atoms with Crippen LogP contribution in [0.1, 0.15) is 17.3 Å². The number of nitrogens with two attached hydrogens (primary N) is 1. The van der Waals surface area contributed by atoms with Crippen LogP contribution in [-0.4, -0.2) is 12.3 Å². The number of ketones is 1. The molecule has 0 amide bonds. The molecule has 0 spiro atoms. The first-order valence-electron chi connectivity index (χ1n) is 4.25. The van der Waals surface area contributed by atoms with Gasteiger partial charge in [0.25, 0.3) is 0 Å². The third-order valence-corrected chi connectivity index (χ3v) is 2.00. The highest BCUT2D eigenvalue weighted by Gasteiger charge is 2.17. The van der Waals surface area contributed by atoms with Gasteiger partial charge in [0.05, 0.1) is 5.56 Å². The molecule has 4 heteroatoms. The molecule has 1 atom stereocenters. The Labute approximate surface area is 80.7 Å². The molecule has 76 valence electrons. The van der Waals surface area contributed by atoms with E-state index in [2.05, 4.69) is 0 Å². The molecule has 0 aliphatic rings. The molecule has 0 radical (unpaired) electrons. The first-order chi connectivity index (χ1) is 6.56. The maximum absolute atomic E-state index is 13.1. The van der Waals surface area contributed by atoms with Crippen LogP contribution in [0, 0.1) is 17.6 Å². The Morgan fingerprint density at radius 3 is 2.71 bits per heavy atom. The summed E-state index contributed by atoms with van der Waals surface area (Å²) in [5.41, 5.74) is 5.03. The van der Waals surface area contributed by atoms with Crippen LogP contribution in [0.2, 0.25) is 0 Å². The number of hydrogen-bond donors (Lipinski definition) is 1. The molecule has 2 nitrogen and oxygen atoms in total. The van der Waals surface area contributed by atoms with Crippen LogP contribution in [0.15, 0.2) is 18.2 Å². The van der Waals surface area contributed by atoms with E-state index < -0.39 is 23.3 Å². The van der Waals surface area contributed by atoms with Crippen LogP contribution >= 0.6 is 0 Å². The molecule has 0 fully saturated rings. The second-order valence-corrected chi connectivity index (χ2v) is 3.13. The summed E-state index contributed by atoms with van der Waals surface area (Å²) in [5.74, 6) is -2.30. The molecule has 1 aromatic rings. The van der Waals surface area contributed by atoms with Crippen LogP contribution in [0.4, 0.5) is 8.78 Å². The molecule has 0 aliphatic carbocycles. The van der Waals surface area contributed by atoms with E-state index in [1.807, 2.05) is 0 Å². The summed E-state index contributed by atoms with van der Waals surface area (Å²) >= 11 is 0. The summed E-state index contributed by atoms with van der Waals surface area (Å²) in [4.78, 5) is 11.5. The summed E-state index contributed by atoms with van der Waals surface area (Å²) in [5, 5.41) is 0. The summed E-state index contributed by atoms with van der Waals surface area (Å²) in [6.45, 7) is 1.70. The molecular formula is C10H11F2NO. The zero-order valence-electron chi connectivity index (χ0n) is 7.76. The SMILES string of the molecule is CC(CN)C(=O)c1cc(F)ccc1F. The normalized spacial score (nSPS) is 12.6. The minimum Gasteiger partial charge on any atom is -0.330 e. The predicted octanol–water partition coefficient (Wildman–Crippen LogP) is 1.74. The van der Waals surface area contributed by atoms with E-state index in [0.29, 0.717) is 0 Å². The van der Waals surface area contributed by atoms with Crippen LogP contribution in [0.3, 0.4) is 0 Å². The largest absolute Gasteiger partial charge is 0.330 e. The Balaban J connectivity index is 3.06. The number of rotatable bonds is 3. The maximum atomic E-state index is 13.1. The van der Waals surface area contributed by atoms with Crippen LogP contribution < -0.4 is 5.73 Å². The van der Waals surface area contributed by atoms with Crippen molar-refractivity contribution in [2.75, 3.05) is 6.54 Å². The van der Waals surface area contributed by atoms with Gasteiger partial charge in [-0.15, -0.1) is 0 Å². The Morgan fingerprint density at radius 2 is 2.14 bits per heavy atom. The third-order valence-electron chi connectivity index (χ3n) is 2.00. The number of carbonyl (C=O) groups is 1. The van der Waals surface area contributed by atoms with Crippen molar-refractivity contribution in [2.24, 2.45) is 11.7 Å². The lowest BCUT2D eigenvalue weighted by atomic mass is 9.99. The first-order valence-corrected chi connectivity index (χ1v) is 4.25. The van der Waals surface area contributed by atoms with Crippen molar-refractivity contribution in [3.8, 4) is 0 Å². The fraction of sp³-hybridized carbons (Fsp3) is 0.300. The Morgan fingerprint density at radius 1 is 1.50 bits per heavy atom. The van der Waals surface area contributed by atoms with Gasteiger partial charge in [-0.25, -0.2) is 8.78 Å². The monoisotopic (exact) mass is 199 g/mol. The number of halogens is 2. The summed E-state index contributed by atoms with van der Waals surface area (Å²) in [7, 11) is 0. The second-order valence-electron chi connectivity index (χ2n) is 3.13. The van der Waals surface area contributed by atoms with Gasteiger partial charge in [0.2, 0.25) is 0 Å². The second kappa shape index (κ2) is 4.28. The lowest BCUT2D eigenvalue weighted by Gasteiger charge is -2.07. The molecule has 1 aromatic carbocycles. The van der Waals surface area contributed by atoms with E-state index in [-0.39, 0.29) is 12.1 Å². The third kappa shape index (κ3) is 2.14. The average Bonchev–Trinajstić information content (AvgIpc) is 2.19. The number of benzene rings is 1. The molecule has 0 saturated heterocycles. The van der Waals surface area contributed by atoms with Gasteiger partial charge in [0.1, 0.15) is 11.6 Å². The highest BCUT2D eigenvalue weighted by atomic mass is 19.1. The van der Waals surface area contributed by atoms with Gasteiger partial charge in [-0.2, -0.15) is 0 Å². The summed E-state index contributed by atoms with van der Waals surface area (Å²) in [6.07, 6.45) is 0. The number of Topliss-reactive ketones (excluding diaryl/α,β-unsaturated/α-hetero) is 1. The quantitative estimate of drug-likeness (QED) is 0.753. The molecular weight excluding hydrogens is 188 g/mol. The van der Waals surface area contributed by atoms with Gasteiger partial charge >= 0.3 is 0 Å². The molecule has 1 rings (SSSR count). The van der Waals surface area contributed by atoms with E-state index >= 15 is 0 Å². The zero-order chi connectivity index (χ0) is 10.7. The lowest BCUT2D eigenvalue weighted by Crippen LogP contribution is -2.21. The van der Waals surface area contributed by atoms with E-state index in [1.54, 1.807) is 6.92 Å². The van der Waals surface area contributed by atoms with Gasteiger partial charge in [-0.05, 0) is 18.2 Å². The summed E-state index contributed by atoms with van der Waals surface area (Å²) in [6, 6.07) is 2.80. The van der Waals surface area contributed by atoms with Gasteiger partial charge in [0.15, 0.2) is 5.78 Å². The van der Waals surface area contributed by atoms with Gasteiger partial charge in [0, 0.05) is 12.5 Å². The van der Waals surface area contributed by atoms with Crippen LogP contribution in [-0.2, 0) is 0 Å². The molecule has 2 N–H and O–H groups in total.